The first-order valence-corrected chi connectivity index (χ1v) is 11.2. The molecular formula is C24H24N2O4S. The van der Waals surface area contributed by atoms with Gasteiger partial charge in [-0.05, 0) is 41.3 Å². The molecule has 160 valence electrons. The van der Waals surface area contributed by atoms with Crippen molar-refractivity contribution in [2.45, 2.75) is 11.3 Å². The van der Waals surface area contributed by atoms with Crippen LogP contribution < -0.4 is 15.2 Å². The van der Waals surface area contributed by atoms with Crippen molar-refractivity contribution in [3.8, 4) is 5.75 Å². The third-order valence-electron chi connectivity index (χ3n) is 4.67. The molecule has 1 amide bonds. The number of amides is 1. The zero-order valence-corrected chi connectivity index (χ0v) is 17.9. The molecule has 0 aliphatic heterocycles. The van der Waals surface area contributed by atoms with Crippen LogP contribution in [-0.2, 0) is 21.2 Å². The number of nitrogens with one attached hydrogen (secondary N) is 1. The van der Waals surface area contributed by atoms with E-state index in [-0.39, 0.29) is 16.6 Å². The fraction of sp³-hybridized carbons (Fsp3) is 0.125. The Morgan fingerprint density at radius 1 is 1.00 bits per heavy atom. The summed E-state index contributed by atoms with van der Waals surface area (Å²) in [6.45, 7) is 0.328. The first-order valence-electron chi connectivity index (χ1n) is 9.68. The first-order chi connectivity index (χ1) is 14.9. The highest BCUT2D eigenvalue weighted by atomic mass is 32.2. The van der Waals surface area contributed by atoms with Crippen molar-refractivity contribution < 1.29 is 17.9 Å². The van der Waals surface area contributed by atoms with Gasteiger partial charge in [-0.2, -0.15) is 0 Å². The lowest BCUT2D eigenvalue weighted by atomic mass is 10.0. The maximum Gasteiger partial charge on any atom is 0.251 e. The number of nitrogens with two attached hydrogens (primary N) is 1. The number of ether oxygens (including phenoxy) is 1. The molecule has 0 radical (unpaired) electrons. The second kappa shape index (κ2) is 10.1. The molecule has 7 heteroatoms. The summed E-state index contributed by atoms with van der Waals surface area (Å²) in [5, 5.41) is 8.19. The van der Waals surface area contributed by atoms with Crippen molar-refractivity contribution in [1.82, 2.24) is 5.32 Å². The van der Waals surface area contributed by atoms with E-state index in [1.165, 1.54) is 13.2 Å². The minimum Gasteiger partial charge on any atom is -0.495 e. The Bertz CT molecular complexity index is 1170. The predicted octanol–water partition coefficient (Wildman–Crippen LogP) is 3.24. The highest BCUT2D eigenvalue weighted by molar-refractivity contribution is 7.89. The Hall–Kier alpha value is -3.42. The highest BCUT2D eigenvalue weighted by Crippen LogP contribution is 2.24. The van der Waals surface area contributed by atoms with Gasteiger partial charge in [0.15, 0.2) is 0 Å². The smallest absolute Gasteiger partial charge is 0.251 e. The minimum atomic E-state index is -3.91. The van der Waals surface area contributed by atoms with Crippen LogP contribution in [0.1, 0.15) is 16.7 Å². The van der Waals surface area contributed by atoms with Gasteiger partial charge in [0, 0.05) is 12.1 Å². The number of sulfonamides is 1. The summed E-state index contributed by atoms with van der Waals surface area (Å²) in [7, 11) is -2.53. The number of rotatable bonds is 8. The maximum absolute atomic E-state index is 12.9. The number of carbonyl (C=O) groups is 1. The molecule has 0 spiro atoms. The number of carbonyl (C=O) groups excluding carboxylic acids is 1. The molecule has 0 atom stereocenters. The fourth-order valence-corrected chi connectivity index (χ4v) is 3.88. The van der Waals surface area contributed by atoms with Crippen molar-refractivity contribution in [2.75, 3.05) is 13.7 Å². The molecular weight excluding hydrogens is 412 g/mol. The summed E-state index contributed by atoms with van der Waals surface area (Å²) in [4.78, 5) is 12.9. The molecule has 31 heavy (non-hydrogen) atoms. The second-order valence-electron chi connectivity index (χ2n) is 6.87. The Kier molecular flexibility index (Phi) is 7.23. The van der Waals surface area contributed by atoms with Crippen LogP contribution in [0, 0.1) is 0 Å². The number of primary sulfonamides is 1. The molecule has 0 saturated heterocycles. The summed E-state index contributed by atoms with van der Waals surface area (Å²) in [5.74, 6) is -0.0253. The molecule has 0 saturated carbocycles. The van der Waals surface area contributed by atoms with Crippen LogP contribution in [0.2, 0.25) is 0 Å². The van der Waals surface area contributed by atoms with Crippen molar-refractivity contribution in [2.24, 2.45) is 5.14 Å². The molecule has 0 aromatic heterocycles. The molecule has 0 aliphatic rings. The number of methoxy groups -OCH3 is 1. The average Bonchev–Trinajstić information content (AvgIpc) is 2.78. The zero-order valence-electron chi connectivity index (χ0n) is 17.1. The van der Waals surface area contributed by atoms with E-state index in [0.717, 1.165) is 16.7 Å². The number of hydrogen-bond acceptors (Lipinski definition) is 4. The predicted molar refractivity (Wildman–Crippen MR) is 122 cm³/mol. The largest absolute Gasteiger partial charge is 0.495 e. The summed E-state index contributed by atoms with van der Waals surface area (Å²) >= 11 is 0. The second-order valence-corrected chi connectivity index (χ2v) is 8.40. The van der Waals surface area contributed by atoms with Gasteiger partial charge in [0.2, 0.25) is 10.0 Å². The van der Waals surface area contributed by atoms with Crippen molar-refractivity contribution >= 4 is 27.6 Å². The summed E-state index contributed by atoms with van der Waals surface area (Å²) in [6.07, 6.45) is 2.28. The van der Waals surface area contributed by atoms with Crippen LogP contribution in [0.4, 0.5) is 0 Å². The molecule has 0 fully saturated rings. The molecule has 0 aliphatic carbocycles. The van der Waals surface area contributed by atoms with E-state index >= 15 is 0 Å². The van der Waals surface area contributed by atoms with Crippen LogP contribution in [0.3, 0.4) is 0 Å². The van der Waals surface area contributed by atoms with Crippen molar-refractivity contribution in [3.63, 3.8) is 0 Å². The Morgan fingerprint density at radius 3 is 2.26 bits per heavy atom. The molecule has 0 bridgehead atoms. The van der Waals surface area contributed by atoms with Gasteiger partial charge in [-0.3, -0.25) is 4.79 Å². The number of benzene rings is 3. The molecule has 3 rings (SSSR count). The quantitative estimate of drug-likeness (QED) is 0.418. The van der Waals surface area contributed by atoms with Crippen molar-refractivity contribution in [3.05, 3.63) is 95.6 Å². The normalized spacial score (nSPS) is 11.7. The van der Waals surface area contributed by atoms with Gasteiger partial charge in [0.25, 0.3) is 5.91 Å². The maximum atomic E-state index is 12.9. The van der Waals surface area contributed by atoms with Gasteiger partial charge in [-0.1, -0.05) is 66.7 Å². The van der Waals surface area contributed by atoms with Crippen LogP contribution in [0.25, 0.3) is 11.6 Å². The van der Waals surface area contributed by atoms with Gasteiger partial charge < -0.3 is 10.1 Å². The lowest BCUT2D eigenvalue weighted by Gasteiger charge is -2.11. The Labute approximate surface area is 182 Å². The van der Waals surface area contributed by atoms with Gasteiger partial charge >= 0.3 is 0 Å². The van der Waals surface area contributed by atoms with Crippen LogP contribution in [0.5, 0.6) is 5.75 Å². The summed E-state index contributed by atoms with van der Waals surface area (Å²) < 4.78 is 28.6. The van der Waals surface area contributed by atoms with Crippen LogP contribution >= 0.6 is 0 Å². The van der Waals surface area contributed by atoms with E-state index in [1.54, 1.807) is 12.1 Å². The van der Waals surface area contributed by atoms with E-state index in [2.05, 4.69) is 5.32 Å². The van der Waals surface area contributed by atoms with Gasteiger partial charge in [0.1, 0.15) is 10.6 Å². The molecule has 6 nitrogen and oxygen atoms in total. The van der Waals surface area contributed by atoms with E-state index in [0.29, 0.717) is 18.5 Å². The van der Waals surface area contributed by atoms with Gasteiger partial charge in [-0.25, -0.2) is 13.6 Å². The lowest BCUT2D eigenvalue weighted by Crippen LogP contribution is -2.26. The SMILES string of the molecule is COc1ccc(CCNC(=O)/C(=C/c2ccccc2)c2ccccc2)cc1S(N)(=O)=O. The lowest BCUT2D eigenvalue weighted by molar-refractivity contribution is -0.115. The molecule has 3 aromatic rings. The summed E-state index contributed by atoms with van der Waals surface area (Å²) in [5.41, 5.74) is 3.00. The monoisotopic (exact) mass is 436 g/mol. The first kappa shape index (κ1) is 22.3. The van der Waals surface area contributed by atoms with E-state index in [4.69, 9.17) is 9.88 Å². The third kappa shape index (κ3) is 6.04. The van der Waals surface area contributed by atoms with Crippen molar-refractivity contribution in [1.29, 1.82) is 0 Å². The molecule has 0 unspecified atom stereocenters. The van der Waals surface area contributed by atoms with E-state index in [9.17, 15) is 13.2 Å². The van der Waals surface area contributed by atoms with Crippen LogP contribution in [-0.4, -0.2) is 28.0 Å². The zero-order chi connectivity index (χ0) is 22.3. The van der Waals surface area contributed by atoms with E-state index < -0.39 is 10.0 Å². The van der Waals surface area contributed by atoms with Gasteiger partial charge in [-0.15, -0.1) is 0 Å². The molecule has 3 aromatic carbocycles. The molecule has 0 heterocycles. The average molecular weight is 437 g/mol. The fourth-order valence-electron chi connectivity index (χ4n) is 3.13. The standard InChI is InChI=1S/C24H24N2O4S/c1-30-22-13-12-19(17-23(22)31(25,28)29)14-15-26-24(27)21(20-10-6-3-7-11-20)16-18-8-4-2-5-9-18/h2-13,16-17H,14-15H2,1H3,(H,26,27)(H2,25,28,29)/b21-16+. The summed E-state index contributed by atoms with van der Waals surface area (Å²) in [6, 6.07) is 23.8. The highest BCUT2D eigenvalue weighted by Gasteiger charge is 2.16. The van der Waals surface area contributed by atoms with Crippen LogP contribution in [0.15, 0.2) is 83.8 Å². The Morgan fingerprint density at radius 2 is 1.65 bits per heavy atom. The minimum absolute atomic E-state index is 0.0761. The van der Waals surface area contributed by atoms with Gasteiger partial charge in [0.05, 0.1) is 7.11 Å². The Balaban J connectivity index is 1.76. The molecule has 3 N–H and O–H groups in total. The third-order valence-corrected chi connectivity index (χ3v) is 5.61. The van der Waals surface area contributed by atoms with E-state index in [1.807, 2.05) is 66.7 Å². The number of hydrogen-bond donors (Lipinski definition) is 2. The topological polar surface area (TPSA) is 98.5 Å².